The van der Waals surface area contributed by atoms with Gasteiger partial charge in [-0.3, -0.25) is 9.78 Å². The Bertz CT molecular complexity index is 934. The maximum absolute atomic E-state index is 11.0. The highest BCUT2D eigenvalue weighted by Crippen LogP contribution is 2.31. The van der Waals surface area contributed by atoms with E-state index in [2.05, 4.69) is 25.3 Å². The van der Waals surface area contributed by atoms with Crippen molar-refractivity contribution >= 4 is 34.2 Å². The molecule has 9 heteroatoms. The first-order valence-corrected chi connectivity index (χ1v) is 7.80. The highest BCUT2D eigenvalue weighted by atomic mass is 35.5. The van der Waals surface area contributed by atoms with Gasteiger partial charge >= 0.3 is 0 Å². The summed E-state index contributed by atoms with van der Waals surface area (Å²) in [5, 5.41) is 4.12. The van der Waals surface area contributed by atoms with E-state index in [1.807, 2.05) is 0 Å². The van der Waals surface area contributed by atoms with E-state index in [9.17, 15) is 4.79 Å². The van der Waals surface area contributed by atoms with Gasteiger partial charge in [-0.2, -0.15) is 0 Å². The molecule has 0 aromatic carbocycles. The number of primary amides is 1. The second kappa shape index (κ2) is 7.27. The molecule has 0 aliphatic rings. The summed E-state index contributed by atoms with van der Waals surface area (Å²) in [6.07, 6.45) is 4.95. The van der Waals surface area contributed by atoms with Crippen molar-refractivity contribution in [3.8, 4) is 17.1 Å². The number of hydrogen-bond donors (Lipinski definition) is 2. The van der Waals surface area contributed by atoms with Crippen LogP contribution in [0.15, 0.2) is 30.7 Å². The zero-order valence-corrected chi connectivity index (χ0v) is 14.1. The summed E-state index contributed by atoms with van der Waals surface area (Å²) in [5.41, 5.74) is 6.50. The molecule has 3 heterocycles. The number of aromatic nitrogens is 4. The fourth-order valence-electron chi connectivity index (χ4n) is 2.31. The number of carbonyl (C=O) groups is 1. The Labute approximate surface area is 148 Å². The number of hydrogen-bond acceptors (Lipinski definition) is 7. The first-order chi connectivity index (χ1) is 12.1. The van der Waals surface area contributed by atoms with Crippen LogP contribution in [0, 0.1) is 0 Å². The smallest absolute Gasteiger partial charge is 0.219 e. The average molecular weight is 359 g/mol. The van der Waals surface area contributed by atoms with Gasteiger partial charge < -0.3 is 15.8 Å². The van der Waals surface area contributed by atoms with E-state index < -0.39 is 5.91 Å². The highest BCUT2D eigenvalue weighted by molar-refractivity contribution is 6.29. The van der Waals surface area contributed by atoms with Crippen LogP contribution in [-0.2, 0) is 4.79 Å². The monoisotopic (exact) mass is 358 g/mol. The minimum Gasteiger partial charge on any atom is -0.494 e. The summed E-state index contributed by atoms with van der Waals surface area (Å²) in [6, 6.07) is 3.43. The van der Waals surface area contributed by atoms with Gasteiger partial charge in [0, 0.05) is 24.7 Å². The van der Waals surface area contributed by atoms with E-state index in [1.54, 1.807) is 37.8 Å². The normalized spacial score (nSPS) is 10.6. The third-order valence-corrected chi connectivity index (χ3v) is 3.65. The van der Waals surface area contributed by atoms with Crippen molar-refractivity contribution in [1.82, 2.24) is 19.9 Å². The van der Waals surface area contributed by atoms with Crippen molar-refractivity contribution in [3.05, 3.63) is 35.9 Å². The van der Waals surface area contributed by atoms with E-state index in [-0.39, 0.29) is 6.42 Å². The Hall–Kier alpha value is -3.00. The second-order valence-corrected chi connectivity index (χ2v) is 5.53. The summed E-state index contributed by atoms with van der Waals surface area (Å²) in [7, 11) is 1.54. The third-order valence-electron chi connectivity index (χ3n) is 3.44. The lowest BCUT2D eigenvalue weighted by molar-refractivity contribution is -0.117. The van der Waals surface area contributed by atoms with Crippen LogP contribution in [0.3, 0.4) is 0 Å². The molecular weight excluding hydrogens is 344 g/mol. The lowest BCUT2D eigenvalue weighted by Crippen LogP contribution is -2.16. The van der Waals surface area contributed by atoms with E-state index >= 15 is 0 Å². The minimum absolute atomic E-state index is 0.176. The molecule has 8 nitrogen and oxygen atoms in total. The Balaban J connectivity index is 2.12. The molecular formula is C16H15ClN6O2. The third kappa shape index (κ3) is 3.74. The van der Waals surface area contributed by atoms with Crippen LogP contribution >= 0.6 is 11.6 Å². The predicted octanol–water partition coefficient (Wildman–Crippen LogP) is 2.04. The van der Waals surface area contributed by atoms with Gasteiger partial charge in [-0.15, -0.1) is 0 Å². The number of ether oxygens (including phenoxy) is 1. The molecule has 1 amide bonds. The quantitative estimate of drug-likeness (QED) is 0.647. The molecule has 128 valence electrons. The molecule has 0 atom stereocenters. The number of fused-ring (bicyclic) bond motifs is 1. The first-order valence-electron chi connectivity index (χ1n) is 7.42. The molecule has 0 aliphatic carbocycles. The fraction of sp³-hybridized carbons (Fsp3) is 0.188. The van der Waals surface area contributed by atoms with Crippen molar-refractivity contribution < 1.29 is 9.53 Å². The van der Waals surface area contributed by atoms with Gasteiger partial charge in [0.1, 0.15) is 16.7 Å². The van der Waals surface area contributed by atoms with Gasteiger partial charge in [0.2, 0.25) is 5.91 Å². The molecule has 0 bridgehead atoms. The molecule has 3 rings (SSSR count). The SMILES string of the molecule is COc1cncc2nc(-c3ccnc(Cl)c3)nc(NCCC(N)=O)c12. The average Bonchev–Trinajstić information content (AvgIpc) is 2.60. The van der Waals surface area contributed by atoms with Crippen molar-refractivity contribution in [2.45, 2.75) is 6.42 Å². The fourth-order valence-corrected chi connectivity index (χ4v) is 2.49. The molecule has 3 aromatic rings. The number of nitrogens with two attached hydrogens (primary N) is 1. The van der Waals surface area contributed by atoms with Gasteiger partial charge in [-0.05, 0) is 12.1 Å². The summed E-state index contributed by atoms with van der Waals surface area (Å²) < 4.78 is 5.36. The van der Waals surface area contributed by atoms with Crippen LogP contribution in [0.1, 0.15) is 6.42 Å². The van der Waals surface area contributed by atoms with Crippen LogP contribution in [0.4, 0.5) is 5.82 Å². The van der Waals surface area contributed by atoms with Crippen LogP contribution < -0.4 is 15.8 Å². The Morgan fingerprint density at radius 3 is 2.92 bits per heavy atom. The van der Waals surface area contributed by atoms with E-state index in [0.29, 0.717) is 45.6 Å². The molecule has 0 spiro atoms. The van der Waals surface area contributed by atoms with Gasteiger partial charge in [0.05, 0.1) is 30.4 Å². The molecule has 3 aromatic heterocycles. The number of methoxy groups -OCH3 is 1. The van der Waals surface area contributed by atoms with Crippen molar-refractivity contribution in [2.24, 2.45) is 5.73 Å². The molecule has 0 unspecified atom stereocenters. The molecule has 0 saturated heterocycles. The summed E-state index contributed by atoms with van der Waals surface area (Å²) in [5.74, 6) is 1.10. The molecule has 0 saturated carbocycles. The summed E-state index contributed by atoms with van der Waals surface area (Å²) in [6.45, 7) is 0.337. The van der Waals surface area contributed by atoms with Crippen molar-refractivity contribution in [2.75, 3.05) is 19.0 Å². The predicted molar refractivity (Wildman–Crippen MR) is 94.4 cm³/mol. The Morgan fingerprint density at radius 1 is 1.36 bits per heavy atom. The van der Waals surface area contributed by atoms with Crippen LogP contribution in [0.25, 0.3) is 22.3 Å². The maximum Gasteiger partial charge on any atom is 0.219 e. The number of carbonyl (C=O) groups excluding carboxylic acids is 1. The van der Waals surface area contributed by atoms with E-state index in [0.717, 1.165) is 0 Å². The first kappa shape index (κ1) is 16.8. The molecule has 0 fully saturated rings. The zero-order valence-electron chi connectivity index (χ0n) is 13.4. The van der Waals surface area contributed by atoms with Gasteiger partial charge in [-0.1, -0.05) is 11.6 Å². The zero-order chi connectivity index (χ0) is 17.8. The molecule has 0 aliphatic heterocycles. The number of nitrogens with one attached hydrogen (secondary N) is 1. The lowest BCUT2D eigenvalue weighted by Gasteiger charge is -2.12. The van der Waals surface area contributed by atoms with Crippen molar-refractivity contribution in [1.29, 1.82) is 0 Å². The lowest BCUT2D eigenvalue weighted by atomic mass is 10.2. The Kier molecular flexibility index (Phi) is 4.90. The molecule has 25 heavy (non-hydrogen) atoms. The van der Waals surface area contributed by atoms with Gasteiger partial charge in [-0.25, -0.2) is 15.0 Å². The van der Waals surface area contributed by atoms with E-state index in [1.165, 1.54) is 0 Å². The number of pyridine rings is 2. The second-order valence-electron chi connectivity index (χ2n) is 5.14. The number of amides is 1. The standard InChI is InChI=1S/C16H15ClN6O2/c1-25-11-8-19-7-10-14(11)16(21-5-3-13(18)24)23-15(22-10)9-2-4-20-12(17)6-9/h2,4,6-8H,3,5H2,1H3,(H2,18,24)(H,21,22,23). The Morgan fingerprint density at radius 2 is 2.20 bits per heavy atom. The van der Waals surface area contributed by atoms with Gasteiger partial charge in [0.25, 0.3) is 0 Å². The summed E-state index contributed by atoms with van der Waals surface area (Å²) in [4.78, 5) is 28.2. The minimum atomic E-state index is -0.402. The topological polar surface area (TPSA) is 116 Å². The number of anilines is 1. The summed E-state index contributed by atoms with van der Waals surface area (Å²) >= 11 is 5.95. The van der Waals surface area contributed by atoms with Crippen LogP contribution in [0.2, 0.25) is 5.15 Å². The molecule has 3 N–H and O–H groups in total. The maximum atomic E-state index is 11.0. The highest BCUT2D eigenvalue weighted by Gasteiger charge is 2.14. The van der Waals surface area contributed by atoms with Crippen LogP contribution in [0.5, 0.6) is 5.75 Å². The van der Waals surface area contributed by atoms with E-state index in [4.69, 9.17) is 22.1 Å². The largest absolute Gasteiger partial charge is 0.494 e. The van der Waals surface area contributed by atoms with Crippen LogP contribution in [-0.4, -0.2) is 39.5 Å². The number of rotatable bonds is 6. The number of halogens is 1. The van der Waals surface area contributed by atoms with Crippen molar-refractivity contribution in [3.63, 3.8) is 0 Å². The van der Waals surface area contributed by atoms with Gasteiger partial charge in [0.15, 0.2) is 5.82 Å². The molecule has 0 radical (unpaired) electrons. The number of nitrogens with zero attached hydrogens (tertiary/aromatic N) is 4.